The number of halogens is 1. The zero-order chi connectivity index (χ0) is 22.8. The van der Waals surface area contributed by atoms with Gasteiger partial charge < -0.3 is 14.8 Å². The summed E-state index contributed by atoms with van der Waals surface area (Å²) in [5.41, 5.74) is 2.42. The summed E-state index contributed by atoms with van der Waals surface area (Å²) in [6, 6.07) is 8.27. The van der Waals surface area contributed by atoms with Crippen LogP contribution in [0.4, 0.5) is 10.2 Å². The number of nitrogens with one attached hydrogen (secondary N) is 1. The predicted molar refractivity (Wildman–Crippen MR) is 116 cm³/mol. The van der Waals surface area contributed by atoms with Crippen molar-refractivity contribution in [2.24, 2.45) is 0 Å². The molecule has 9 nitrogen and oxygen atoms in total. The highest BCUT2D eigenvalue weighted by molar-refractivity contribution is 5.98. The van der Waals surface area contributed by atoms with Crippen LogP contribution in [0.15, 0.2) is 42.9 Å². The van der Waals surface area contributed by atoms with Gasteiger partial charge in [-0.1, -0.05) is 6.07 Å². The van der Waals surface area contributed by atoms with E-state index in [0.717, 1.165) is 10.6 Å². The summed E-state index contributed by atoms with van der Waals surface area (Å²) in [4.78, 5) is 26.1. The van der Waals surface area contributed by atoms with Crippen LogP contribution in [-0.4, -0.2) is 53.7 Å². The number of amides is 1. The van der Waals surface area contributed by atoms with E-state index in [1.807, 2.05) is 18.2 Å². The quantitative estimate of drug-likeness (QED) is 0.442. The molecule has 166 valence electrons. The molecule has 0 aliphatic carbocycles. The summed E-state index contributed by atoms with van der Waals surface area (Å²) in [7, 11) is 5.91. The maximum atomic E-state index is 14.7. The van der Waals surface area contributed by atoms with Crippen LogP contribution >= 0.6 is 0 Å². The van der Waals surface area contributed by atoms with E-state index in [1.165, 1.54) is 26.3 Å². The number of hydrogen-bond donors (Lipinski definition) is 1. The number of nitrogens with zero attached hydrogens (tertiary/aromatic N) is 4. The zero-order valence-corrected chi connectivity index (χ0v) is 18.0. The molecule has 32 heavy (non-hydrogen) atoms. The van der Waals surface area contributed by atoms with Crippen LogP contribution in [-0.2, 0) is 11.4 Å². The minimum Gasteiger partial charge on any atom is -0.493 e. The summed E-state index contributed by atoms with van der Waals surface area (Å²) >= 11 is 0. The van der Waals surface area contributed by atoms with Crippen LogP contribution in [0, 0.1) is 5.82 Å². The molecular weight excluding hydrogens is 417 g/mol. The molecule has 0 saturated carbocycles. The van der Waals surface area contributed by atoms with Crippen molar-refractivity contribution in [3.8, 4) is 11.5 Å². The van der Waals surface area contributed by atoms with Gasteiger partial charge in [0.05, 0.1) is 50.5 Å². The van der Waals surface area contributed by atoms with Crippen LogP contribution in [0.3, 0.4) is 0 Å². The van der Waals surface area contributed by atoms with Crippen LogP contribution in [0.5, 0.6) is 11.5 Å². The Morgan fingerprint density at radius 2 is 1.91 bits per heavy atom. The Hall–Kier alpha value is -3.92. The molecule has 4 rings (SSSR count). The molecule has 0 aliphatic rings. The molecule has 4 aromatic rings. The van der Waals surface area contributed by atoms with Crippen molar-refractivity contribution in [3.63, 3.8) is 0 Å². The van der Waals surface area contributed by atoms with Crippen molar-refractivity contribution in [2.45, 2.75) is 6.54 Å². The van der Waals surface area contributed by atoms with Gasteiger partial charge >= 0.3 is 0 Å². The molecule has 0 aliphatic heterocycles. The third-order valence-corrected chi connectivity index (χ3v) is 5.14. The number of carbonyl (C=O) groups excluding carboxylic acids is 1. The predicted octanol–water partition coefficient (Wildman–Crippen LogP) is 3.28. The van der Waals surface area contributed by atoms with Gasteiger partial charge in [0.2, 0.25) is 0 Å². The molecule has 0 saturated heterocycles. The number of benzene rings is 2. The third-order valence-electron chi connectivity index (χ3n) is 5.14. The number of fused-ring (bicyclic) bond motifs is 3. The first-order valence-electron chi connectivity index (χ1n) is 9.69. The maximum Gasteiger partial charge on any atom is 0.280 e. The normalized spacial score (nSPS) is 11.0. The van der Waals surface area contributed by atoms with Gasteiger partial charge in [-0.2, -0.15) is 0 Å². The fourth-order valence-corrected chi connectivity index (χ4v) is 3.40. The standard InChI is InChI=1S/C22H22FN5O4/c1-27(32-4)22(29)14-8-17-16(9-15(14)23)26-21(18-11-24-12-28(17)18)25-10-13-5-6-19(30-2)20(7-13)31-3/h5-9,11-12H,10H2,1-4H3,(H,25,26). The molecule has 0 fully saturated rings. The van der Waals surface area contributed by atoms with E-state index in [0.29, 0.717) is 40.4 Å². The summed E-state index contributed by atoms with van der Waals surface area (Å²) < 4.78 is 27.1. The second-order valence-electron chi connectivity index (χ2n) is 6.96. The average molecular weight is 439 g/mol. The first-order chi connectivity index (χ1) is 15.5. The first kappa shape index (κ1) is 21.3. The van der Waals surface area contributed by atoms with Crippen molar-refractivity contribution < 1.29 is 23.5 Å². The molecule has 0 atom stereocenters. The van der Waals surface area contributed by atoms with Gasteiger partial charge in [0.15, 0.2) is 17.3 Å². The molecule has 1 N–H and O–H groups in total. The number of hydrogen-bond acceptors (Lipinski definition) is 7. The van der Waals surface area contributed by atoms with E-state index in [9.17, 15) is 9.18 Å². The van der Waals surface area contributed by atoms with Crippen LogP contribution in [0.2, 0.25) is 0 Å². The Labute approximate surface area is 183 Å². The molecule has 1 amide bonds. The van der Waals surface area contributed by atoms with Gasteiger partial charge in [-0.05, 0) is 23.8 Å². The van der Waals surface area contributed by atoms with Crippen molar-refractivity contribution in [1.82, 2.24) is 19.4 Å². The topological polar surface area (TPSA) is 90.2 Å². The third kappa shape index (κ3) is 3.76. The summed E-state index contributed by atoms with van der Waals surface area (Å²) in [5.74, 6) is 0.489. The van der Waals surface area contributed by atoms with Crippen molar-refractivity contribution in [1.29, 1.82) is 0 Å². The van der Waals surface area contributed by atoms with E-state index < -0.39 is 11.7 Å². The largest absolute Gasteiger partial charge is 0.493 e. The molecule has 2 aromatic heterocycles. The number of hydroxylamine groups is 2. The molecule has 2 aromatic carbocycles. The number of aromatic nitrogens is 3. The highest BCUT2D eigenvalue weighted by Gasteiger charge is 2.20. The fraction of sp³-hybridized carbons (Fsp3) is 0.227. The second kappa shape index (κ2) is 8.67. The van der Waals surface area contributed by atoms with E-state index >= 15 is 0 Å². The van der Waals surface area contributed by atoms with E-state index in [4.69, 9.17) is 14.3 Å². The molecular formula is C22H22FN5O4. The first-order valence-corrected chi connectivity index (χ1v) is 9.69. The molecule has 2 heterocycles. The lowest BCUT2D eigenvalue weighted by atomic mass is 10.1. The van der Waals surface area contributed by atoms with Gasteiger partial charge in [0, 0.05) is 19.7 Å². The summed E-state index contributed by atoms with van der Waals surface area (Å²) in [6.45, 7) is 0.442. The fourth-order valence-electron chi connectivity index (χ4n) is 3.40. The van der Waals surface area contributed by atoms with Gasteiger partial charge in [-0.15, -0.1) is 0 Å². The van der Waals surface area contributed by atoms with Crippen LogP contribution in [0.1, 0.15) is 15.9 Å². The zero-order valence-electron chi connectivity index (χ0n) is 18.0. The second-order valence-corrected chi connectivity index (χ2v) is 6.96. The van der Waals surface area contributed by atoms with E-state index in [2.05, 4.69) is 15.3 Å². The number of carbonyl (C=O) groups is 1. The van der Waals surface area contributed by atoms with E-state index in [-0.39, 0.29) is 5.56 Å². The SMILES string of the molecule is COc1ccc(CNc2nc3cc(F)c(C(=O)N(C)OC)cc3n3cncc23)cc1OC. The Morgan fingerprint density at radius 3 is 2.62 bits per heavy atom. The van der Waals surface area contributed by atoms with Gasteiger partial charge in [0.1, 0.15) is 11.3 Å². The van der Waals surface area contributed by atoms with Crippen molar-refractivity contribution in [3.05, 3.63) is 59.8 Å². The number of rotatable bonds is 7. The van der Waals surface area contributed by atoms with Crippen LogP contribution in [0.25, 0.3) is 16.6 Å². The number of anilines is 1. The van der Waals surface area contributed by atoms with Crippen LogP contribution < -0.4 is 14.8 Å². The summed E-state index contributed by atoms with van der Waals surface area (Å²) in [6.07, 6.45) is 3.24. The molecule has 0 spiro atoms. The van der Waals surface area contributed by atoms with E-state index in [1.54, 1.807) is 31.1 Å². The smallest absolute Gasteiger partial charge is 0.280 e. The molecule has 0 bridgehead atoms. The number of methoxy groups -OCH3 is 2. The molecule has 10 heteroatoms. The lowest BCUT2D eigenvalue weighted by molar-refractivity contribution is -0.0759. The monoisotopic (exact) mass is 439 g/mol. The number of ether oxygens (including phenoxy) is 2. The molecule has 0 unspecified atom stereocenters. The minimum absolute atomic E-state index is 0.121. The highest BCUT2D eigenvalue weighted by Crippen LogP contribution is 2.29. The maximum absolute atomic E-state index is 14.7. The van der Waals surface area contributed by atoms with Crippen molar-refractivity contribution in [2.75, 3.05) is 33.7 Å². The molecule has 0 radical (unpaired) electrons. The highest BCUT2D eigenvalue weighted by atomic mass is 19.1. The minimum atomic E-state index is -0.691. The Bertz CT molecular complexity index is 1310. The van der Waals surface area contributed by atoms with Gasteiger partial charge in [-0.3, -0.25) is 14.0 Å². The Balaban J connectivity index is 1.72. The lowest BCUT2D eigenvalue weighted by Gasteiger charge is -2.15. The Morgan fingerprint density at radius 1 is 1.12 bits per heavy atom. The lowest BCUT2D eigenvalue weighted by Crippen LogP contribution is -2.26. The summed E-state index contributed by atoms with van der Waals surface area (Å²) in [5, 5.41) is 4.23. The van der Waals surface area contributed by atoms with Gasteiger partial charge in [-0.25, -0.2) is 19.4 Å². The van der Waals surface area contributed by atoms with Crippen molar-refractivity contribution >= 4 is 28.3 Å². The average Bonchev–Trinajstić information content (AvgIpc) is 3.31. The number of imidazole rings is 1. The Kier molecular flexibility index (Phi) is 5.78. The van der Waals surface area contributed by atoms with Gasteiger partial charge in [0.25, 0.3) is 5.91 Å².